The second-order valence-corrected chi connectivity index (χ2v) is 8.82. The molecule has 2 aromatic carbocycles. The molecule has 0 fully saturated rings. The quantitative estimate of drug-likeness (QED) is 0.441. The third-order valence-electron chi connectivity index (χ3n) is 5.50. The fourth-order valence-corrected chi connectivity index (χ4v) is 5.08. The molecule has 3 heterocycles. The maximum Gasteiger partial charge on any atom is 0.265 e. The van der Waals surface area contributed by atoms with Crippen LogP contribution in [0.3, 0.4) is 0 Å². The van der Waals surface area contributed by atoms with Crippen molar-refractivity contribution in [2.75, 3.05) is 11.1 Å². The topological polar surface area (TPSA) is 125 Å². The minimum absolute atomic E-state index is 0.0617. The van der Waals surface area contributed by atoms with Gasteiger partial charge in [-0.25, -0.2) is 9.67 Å². The molecule has 10 heteroatoms. The van der Waals surface area contributed by atoms with Crippen molar-refractivity contribution in [3.05, 3.63) is 76.2 Å². The molecule has 2 aromatic heterocycles. The summed E-state index contributed by atoms with van der Waals surface area (Å²) in [4.78, 5) is 42.3. The highest BCUT2D eigenvalue weighted by molar-refractivity contribution is 7.99. The Morgan fingerprint density at radius 2 is 2.03 bits per heavy atom. The van der Waals surface area contributed by atoms with E-state index in [0.717, 1.165) is 11.3 Å². The van der Waals surface area contributed by atoms with E-state index in [-0.39, 0.29) is 29.5 Å². The molecule has 5 rings (SSSR count). The Bertz CT molecular complexity index is 1470. The van der Waals surface area contributed by atoms with E-state index in [1.165, 1.54) is 18.0 Å². The molecule has 1 unspecified atom stereocenters. The lowest BCUT2D eigenvalue weighted by atomic mass is 10.1. The number of anilines is 1. The first-order chi connectivity index (χ1) is 15.9. The first kappa shape index (κ1) is 21.0. The van der Waals surface area contributed by atoms with E-state index in [1.807, 2.05) is 31.2 Å². The van der Waals surface area contributed by atoms with E-state index >= 15 is 0 Å². The largest absolute Gasteiger partial charge is 0.366 e. The van der Waals surface area contributed by atoms with Crippen LogP contribution < -0.4 is 16.6 Å². The molecular weight excluding hydrogens is 440 g/mol. The van der Waals surface area contributed by atoms with Gasteiger partial charge in [-0.2, -0.15) is 5.10 Å². The summed E-state index contributed by atoms with van der Waals surface area (Å²) in [6.45, 7) is 1.99. The number of hydrogen-bond acceptors (Lipinski definition) is 6. The number of amides is 2. The number of carbonyl (C=O) groups excluding carboxylic acids is 2. The summed E-state index contributed by atoms with van der Waals surface area (Å²) >= 11 is 1.43. The summed E-state index contributed by atoms with van der Waals surface area (Å²) in [5, 5.41) is 8.07. The van der Waals surface area contributed by atoms with Gasteiger partial charge in [0.15, 0.2) is 10.8 Å². The molecular formula is C23H20N6O3S. The van der Waals surface area contributed by atoms with Gasteiger partial charge in [0.25, 0.3) is 11.5 Å². The lowest BCUT2D eigenvalue weighted by Crippen LogP contribution is -2.28. The Labute approximate surface area is 192 Å². The van der Waals surface area contributed by atoms with Gasteiger partial charge in [0.05, 0.1) is 29.2 Å². The Morgan fingerprint density at radius 1 is 1.21 bits per heavy atom. The fourth-order valence-electron chi connectivity index (χ4n) is 3.95. The van der Waals surface area contributed by atoms with E-state index in [4.69, 9.17) is 10.7 Å². The molecule has 1 atom stereocenters. The molecule has 166 valence electrons. The average Bonchev–Trinajstić information content (AvgIpc) is 3.39. The fraction of sp³-hybridized carbons (Fsp3) is 0.174. The number of thioether (sulfide) groups is 1. The van der Waals surface area contributed by atoms with Crippen molar-refractivity contribution < 1.29 is 9.59 Å². The van der Waals surface area contributed by atoms with Gasteiger partial charge >= 0.3 is 0 Å². The van der Waals surface area contributed by atoms with Crippen molar-refractivity contribution in [2.45, 2.75) is 24.5 Å². The average molecular weight is 461 g/mol. The van der Waals surface area contributed by atoms with Crippen LogP contribution in [0.15, 0.2) is 64.7 Å². The number of nitrogens with two attached hydrogens (primary N) is 1. The predicted molar refractivity (Wildman–Crippen MR) is 126 cm³/mol. The Morgan fingerprint density at radius 3 is 2.82 bits per heavy atom. The van der Waals surface area contributed by atoms with Crippen molar-refractivity contribution in [2.24, 2.45) is 5.73 Å². The van der Waals surface area contributed by atoms with Crippen molar-refractivity contribution in [1.29, 1.82) is 0 Å². The molecule has 0 bridgehead atoms. The predicted octanol–water partition coefficient (Wildman–Crippen LogP) is 2.67. The van der Waals surface area contributed by atoms with Crippen LogP contribution in [0.4, 0.5) is 5.69 Å². The maximum absolute atomic E-state index is 13.3. The number of nitrogens with one attached hydrogen (secondary N) is 1. The number of fused-ring (bicyclic) bond motifs is 2. The zero-order valence-corrected chi connectivity index (χ0v) is 18.5. The van der Waals surface area contributed by atoms with Gasteiger partial charge in [0, 0.05) is 12.2 Å². The summed E-state index contributed by atoms with van der Waals surface area (Å²) in [6, 6.07) is 14.0. The lowest BCUT2D eigenvalue weighted by Gasteiger charge is -2.14. The normalized spacial score (nSPS) is 14.9. The highest BCUT2D eigenvalue weighted by atomic mass is 32.2. The highest BCUT2D eigenvalue weighted by Gasteiger charge is 2.30. The smallest absolute Gasteiger partial charge is 0.265 e. The van der Waals surface area contributed by atoms with Crippen LogP contribution >= 0.6 is 11.8 Å². The van der Waals surface area contributed by atoms with Crippen molar-refractivity contribution in [3.8, 4) is 5.69 Å². The first-order valence-corrected chi connectivity index (χ1v) is 11.3. The molecule has 0 spiro atoms. The van der Waals surface area contributed by atoms with Crippen LogP contribution in [0.2, 0.25) is 0 Å². The molecule has 33 heavy (non-hydrogen) atoms. The van der Waals surface area contributed by atoms with E-state index in [9.17, 15) is 14.4 Å². The molecule has 3 N–H and O–H groups in total. The number of hydrogen-bond donors (Lipinski definition) is 2. The van der Waals surface area contributed by atoms with Crippen LogP contribution in [0, 0.1) is 6.92 Å². The van der Waals surface area contributed by atoms with Crippen molar-refractivity contribution in [3.63, 3.8) is 0 Å². The van der Waals surface area contributed by atoms with Gasteiger partial charge in [0.2, 0.25) is 5.91 Å². The van der Waals surface area contributed by atoms with Crippen LogP contribution in [-0.4, -0.2) is 36.9 Å². The zero-order chi connectivity index (χ0) is 23.1. The second kappa shape index (κ2) is 8.21. The van der Waals surface area contributed by atoms with Crippen molar-refractivity contribution >= 4 is 40.3 Å². The molecule has 2 amide bonds. The summed E-state index contributed by atoms with van der Waals surface area (Å²) in [6.07, 6.45) is 1.58. The number of primary amides is 1. The molecule has 9 nitrogen and oxygen atoms in total. The van der Waals surface area contributed by atoms with Gasteiger partial charge in [-0.15, -0.1) is 0 Å². The summed E-state index contributed by atoms with van der Waals surface area (Å²) < 4.78 is 3.22. The summed E-state index contributed by atoms with van der Waals surface area (Å²) in [7, 11) is 0. The van der Waals surface area contributed by atoms with Crippen LogP contribution in [0.5, 0.6) is 0 Å². The summed E-state index contributed by atoms with van der Waals surface area (Å²) in [5.74, 6) is -0.400. The molecule has 0 aliphatic carbocycles. The lowest BCUT2D eigenvalue weighted by molar-refractivity contribution is -0.116. The molecule has 0 saturated heterocycles. The standard InChI is InChI=1S/C23H20N6O3S/c1-13-5-4-6-14(9-13)29-21-17(11-25-29)22(32)28-15(12-33-23(28)27-21)10-19(30)26-18-8-3-2-7-16(18)20(24)31/h2-9,11,15H,10,12H2,1H3,(H2,24,31)(H,26,30). The Kier molecular flexibility index (Phi) is 5.21. The van der Waals surface area contributed by atoms with E-state index in [1.54, 1.807) is 33.5 Å². The number of aryl methyl sites for hydroxylation is 1. The number of aromatic nitrogens is 4. The minimum atomic E-state index is -0.624. The number of nitrogens with zero attached hydrogens (tertiary/aromatic N) is 4. The minimum Gasteiger partial charge on any atom is -0.366 e. The van der Waals surface area contributed by atoms with Crippen LogP contribution in [-0.2, 0) is 4.79 Å². The van der Waals surface area contributed by atoms with Crippen LogP contribution in [0.25, 0.3) is 16.7 Å². The number of para-hydroxylation sites is 1. The van der Waals surface area contributed by atoms with Gasteiger partial charge in [-0.3, -0.25) is 19.0 Å². The number of benzene rings is 2. The molecule has 1 aliphatic heterocycles. The molecule has 0 saturated carbocycles. The third kappa shape index (κ3) is 3.78. The van der Waals surface area contributed by atoms with Gasteiger partial charge in [-0.1, -0.05) is 36.0 Å². The highest BCUT2D eigenvalue weighted by Crippen LogP contribution is 2.33. The number of rotatable bonds is 5. The Hall–Kier alpha value is -3.92. The Balaban J connectivity index is 1.44. The molecule has 0 radical (unpaired) electrons. The third-order valence-corrected chi connectivity index (χ3v) is 6.60. The zero-order valence-electron chi connectivity index (χ0n) is 17.7. The van der Waals surface area contributed by atoms with E-state index < -0.39 is 5.91 Å². The monoisotopic (exact) mass is 460 g/mol. The van der Waals surface area contributed by atoms with E-state index in [0.29, 0.717) is 27.6 Å². The SMILES string of the molecule is Cc1cccc(-n2ncc3c(=O)n4c(nc32)SCC4CC(=O)Nc2ccccc2C(N)=O)c1. The van der Waals surface area contributed by atoms with Crippen molar-refractivity contribution in [1.82, 2.24) is 19.3 Å². The summed E-state index contributed by atoms with van der Waals surface area (Å²) in [5.41, 5.74) is 8.13. The first-order valence-electron chi connectivity index (χ1n) is 10.3. The van der Waals surface area contributed by atoms with E-state index in [2.05, 4.69) is 10.4 Å². The van der Waals surface area contributed by atoms with Crippen LogP contribution in [0.1, 0.15) is 28.4 Å². The molecule has 4 aromatic rings. The molecule has 1 aliphatic rings. The van der Waals surface area contributed by atoms with Gasteiger partial charge < -0.3 is 11.1 Å². The second-order valence-electron chi connectivity index (χ2n) is 7.83. The number of carbonyl (C=O) groups is 2. The van der Waals surface area contributed by atoms with Gasteiger partial charge in [-0.05, 0) is 36.8 Å². The maximum atomic E-state index is 13.3. The van der Waals surface area contributed by atoms with Gasteiger partial charge in [0.1, 0.15) is 5.39 Å².